The number of nitrogens with zero attached hydrogens (tertiary/aromatic N) is 1. The van der Waals surface area contributed by atoms with Gasteiger partial charge >= 0.3 is 0 Å². The zero-order valence-corrected chi connectivity index (χ0v) is 12.5. The van der Waals surface area contributed by atoms with E-state index in [4.69, 9.17) is 10.5 Å². The minimum Gasteiger partial charge on any atom is -0.456 e. The topological polar surface area (TPSA) is 58.7 Å². The predicted octanol–water partition coefficient (Wildman–Crippen LogP) is 2.44. The minimum absolute atomic E-state index is 0.443. The molecule has 0 saturated carbocycles. The molecule has 1 atom stereocenters. The molecule has 4 nitrogen and oxygen atoms in total. The Morgan fingerprint density at radius 3 is 2.29 bits per heavy atom. The summed E-state index contributed by atoms with van der Waals surface area (Å²) in [6.45, 7) is 0.693. The Labute approximate surface area is 125 Å². The lowest BCUT2D eigenvalue weighted by atomic mass is 10.0. The van der Waals surface area contributed by atoms with E-state index in [9.17, 15) is 5.11 Å². The first kappa shape index (κ1) is 15.4. The summed E-state index contributed by atoms with van der Waals surface area (Å²) in [6.07, 6.45) is 0.443. The van der Waals surface area contributed by atoms with Crippen molar-refractivity contribution < 1.29 is 9.84 Å². The minimum atomic E-state index is -1.40. The number of anilines is 1. The Balaban J connectivity index is 2.30. The summed E-state index contributed by atoms with van der Waals surface area (Å²) in [5.74, 6) is -0.913. The first-order chi connectivity index (χ1) is 10.0. The monoisotopic (exact) mass is 286 g/mol. The van der Waals surface area contributed by atoms with Gasteiger partial charge in [0, 0.05) is 18.5 Å². The number of hydrogen-bond donors (Lipinski definition) is 2. The first-order valence-corrected chi connectivity index (χ1v) is 6.97. The number of nitrogens with two attached hydrogens (primary N) is 1. The van der Waals surface area contributed by atoms with E-state index in [2.05, 4.69) is 0 Å². The lowest BCUT2D eigenvalue weighted by Gasteiger charge is -2.31. The number of para-hydroxylation sites is 2. The SMILES string of the molecule is CN(C)CCC(O)(Oc1ccccc1N)c1ccccc1. The Morgan fingerprint density at radius 2 is 1.67 bits per heavy atom. The van der Waals surface area contributed by atoms with E-state index in [1.54, 1.807) is 12.1 Å². The van der Waals surface area contributed by atoms with E-state index in [1.165, 1.54) is 0 Å². The Morgan fingerprint density at radius 1 is 1.05 bits per heavy atom. The first-order valence-electron chi connectivity index (χ1n) is 6.97. The van der Waals surface area contributed by atoms with E-state index in [1.807, 2.05) is 61.5 Å². The molecule has 2 rings (SSSR count). The van der Waals surface area contributed by atoms with Crippen molar-refractivity contribution in [3.05, 3.63) is 60.2 Å². The molecule has 3 N–H and O–H groups in total. The largest absolute Gasteiger partial charge is 0.456 e. The highest BCUT2D eigenvalue weighted by molar-refractivity contribution is 5.52. The van der Waals surface area contributed by atoms with Crippen molar-refractivity contribution in [2.75, 3.05) is 26.4 Å². The highest BCUT2D eigenvalue weighted by Crippen LogP contribution is 2.32. The molecule has 2 aromatic rings. The number of aliphatic hydroxyl groups is 1. The molecule has 0 radical (unpaired) electrons. The van der Waals surface area contributed by atoms with Crippen molar-refractivity contribution >= 4 is 5.69 Å². The van der Waals surface area contributed by atoms with Crippen molar-refractivity contribution in [3.8, 4) is 5.75 Å². The fraction of sp³-hybridized carbons (Fsp3) is 0.294. The average molecular weight is 286 g/mol. The summed E-state index contributed by atoms with van der Waals surface area (Å²) >= 11 is 0. The van der Waals surface area contributed by atoms with Crippen LogP contribution in [-0.2, 0) is 5.79 Å². The second-order valence-corrected chi connectivity index (χ2v) is 5.34. The van der Waals surface area contributed by atoms with Crippen LogP contribution in [0.1, 0.15) is 12.0 Å². The van der Waals surface area contributed by atoms with Crippen LogP contribution in [0.4, 0.5) is 5.69 Å². The molecule has 1 unspecified atom stereocenters. The third-order valence-corrected chi connectivity index (χ3v) is 3.32. The number of rotatable bonds is 6. The van der Waals surface area contributed by atoms with Crippen LogP contribution in [-0.4, -0.2) is 30.6 Å². The van der Waals surface area contributed by atoms with Crippen LogP contribution in [0.2, 0.25) is 0 Å². The molecule has 4 heteroatoms. The molecule has 0 amide bonds. The smallest absolute Gasteiger partial charge is 0.236 e. The second-order valence-electron chi connectivity index (χ2n) is 5.34. The summed E-state index contributed by atoms with van der Waals surface area (Å²) in [6, 6.07) is 16.6. The predicted molar refractivity (Wildman–Crippen MR) is 85.0 cm³/mol. The van der Waals surface area contributed by atoms with Gasteiger partial charge in [-0.05, 0) is 26.2 Å². The van der Waals surface area contributed by atoms with Gasteiger partial charge < -0.3 is 20.5 Å². The number of nitrogen functional groups attached to an aromatic ring is 1. The molecule has 0 aliphatic carbocycles. The van der Waals surface area contributed by atoms with Crippen molar-refractivity contribution in [1.29, 1.82) is 0 Å². The van der Waals surface area contributed by atoms with Crippen LogP contribution in [0.25, 0.3) is 0 Å². The molecule has 0 aliphatic rings. The molecule has 0 spiro atoms. The molecule has 0 bridgehead atoms. The van der Waals surface area contributed by atoms with Crippen LogP contribution >= 0.6 is 0 Å². The second kappa shape index (κ2) is 6.61. The van der Waals surface area contributed by atoms with E-state index in [-0.39, 0.29) is 0 Å². The summed E-state index contributed by atoms with van der Waals surface area (Å²) in [7, 11) is 3.92. The van der Waals surface area contributed by atoms with Gasteiger partial charge in [0.1, 0.15) is 5.75 Å². The van der Waals surface area contributed by atoms with Gasteiger partial charge in [0.15, 0.2) is 0 Å². The maximum Gasteiger partial charge on any atom is 0.236 e. The third-order valence-electron chi connectivity index (χ3n) is 3.32. The third kappa shape index (κ3) is 3.97. The zero-order chi connectivity index (χ0) is 15.3. The molecule has 0 saturated heterocycles. The van der Waals surface area contributed by atoms with Gasteiger partial charge in [-0.2, -0.15) is 0 Å². The van der Waals surface area contributed by atoms with Crippen LogP contribution in [0.15, 0.2) is 54.6 Å². The molecule has 0 heterocycles. The summed E-state index contributed by atoms with van der Waals surface area (Å²) in [4.78, 5) is 2.01. The van der Waals surface area contributed by atoms with Gasteiger partial charge in [-0.3, -0.25) is 0 Å². The van der Waals surface area contributed by atoms with E-state index in [0.29, 0.717) is 24.4 Å². The number of hydrogen-bond acceptors (Lipinski definition) is 4. The Hall–Kier alpha value is -2.04. The lowest BCUT2D eigenvalue weighted by Crippen LogP contribution is -2.36. The lowest BCUT2D eigenvalue weighted by molar-refractivity contribution is -0.153. The molecule has 0 aromatic heterocycles. The van der Waals surface area contributed by atoms with Gasteiger partial charge in [0.05, 0.1) is 5.69 Å². The molecule has 112 valence electrons. The molecular weight excluding hydrogens is 264 g/mol. The van der Waals surface area contributed by atoms with Gasteiger partial charge in [-0.1, -0.05) is 42.5 Å². The maximum atomic E-state index is 11.0. The van der Waals surface area contributed by atoms with Crippen LogP contribution < -0.4 is 10.5 Å². The standard InChI is InChI=1S/C17H22N2O2/c1-19(2)13-12-17(20,14-8-4-3-5-9-14)21-16-11-7-6-10-15(16)18/h3-11,20H,12-13,18H2,1-2H3. The maximum absolute atomic E-state index is 11.0. The highest BCUT2D eigenvalue weighted by Gasteiger charge is 2.32. The van der Waals surface area contributed by atoms with Crippen molar-refractivity contribution in [2.24, 2.45) is 0 Å². The summed E-state index contributed by atoms with van der Waals surface area (Å²) in [5, 5.41) is 11.0. The van der Waals surface area contributed by atoms with Crippen molar-refractivity contribution in [3.63, 3.8) is 0 Å². The molecular formula is C17H22N2O2. The van der Waals surface area contributed by atoms with Crippen LogP contribution in [0.5, 0.6) is 5.75 Å². The molecule has 0 fully saturated rings. The Bertz CT molecular complexity index is 572. The number of benzene rings is 2. The van der Waals surface area contributed by atoms with E-state index < -0.39 is 5.79 Å². The molecule has 0 aliphatic heterocycles. The normalized spacial score (nSPS) is 13.9. The number of ether oxygens (including phenoxy) is 1. The average Bonchev–Trinajstić information content (AvgIpc) is 2.49. The van der Waals surface area contributed by atoms with Gasteiger partial charge in [-0.25, -0.2) is 0 Å². The van der Waals surface area contributed by atoms with Gasteiger partial charge in [0.25, 0.3) is 0 Å². The van der Waals surface area contributed by atoms with Gasteiger partial charge in [-0.15, -0.1) is 0 Å². The highest BCUT2D eigenvalue weighted by atomic mass is 16.6. The fourth-order valence-corrected chi connectivity index (χ4v) is 2.08. The molecule has 2 aromatic carbocycles. The fourth-order valence-electron chi connectivity index (χ4n) is 2.08. The van der Waals surface area contributed by atoms with Crippen molar-refractivity contribution in [2.45, 2.75) is 12.2 Å². The van der Waals surface area contributed by atoms with Crippen molar-refractivity contribution in [1.82, 2.24) is 4.90 Å². The van der Waals surface area contributed by atoms with E-state index >= 15 is 0 Å². The van der Waals surface area contributed by atoms with E-state index in [0.717, 1.165) is 5.56 Å². The summed E-state index contributed by atoms with van der Waals surface area (Å²) < 4.78 is 5.87. The van der Waals surface area contributed by atoms with Crippen LogP contribution in [0, 0.1) is 0 Å². The van der Waals surface area contributed by atoms with Gasteiger partial charge in [0.2, 0.25) is 5.79 Å². The summed E-state index contributed by atoms with van der Waals surface area (Å²) in [5.41, 5.74) is 7.14. The quantitative estimate of drug-likeness (QED) is 0.632. The molecule has 21 heavy (non-hydrogen) atoms. The Kier molecular flexibility index (Phi) is 4.83. The van der Waals surface area contributed by atoms with Crippen LogP contribution in [0.3, 0.4) is 0 Å². The zero-order valence-electron chi connectivity index (χ0n) is 12.5.